The smallest absolute Gasteiger partial charge is 0.0471 e. The number of ether oxygens (including phenoxy) is 1. The van der Waals surface area contributed by atoms with E-state index in [-0.39, 0.29) is 0 Å². The standard InChI is InChI=1S/C15H21BrO/c1-12-3-4-14(9-13(12)2)10-15(11-16)5-7-17-8-6-15/h3-4,9H,5-8,10-11H2,1-2H3. The maximum atomic E-state index is 5.49. The molecule has 1 aliphatic heterocycles. The molecule has 17 heavy (non-hydrogen) atoms. The molecule has 2 rings (SSSR count). The second-order valence-corrected chi connectivity index (χ2v) is 5.90. The van der Waals surface area contributed by atoms with E-state index in [1.165, 1.54) is 36.0 Å². The van der Waals surface area contributed by atoms with Gasteiger partial charge in [0.1, 0.15) is 0 Å². The van der Waals surface area contributed by atoms with Gasteiger partial charge in [0.05, 0.1) is 0 Å². The zero-order chi connectivity index (χ0) is 12.3. The van der Waals surface area contributed by atoms with Gasteiger partial charge in [0.15, 0.2) is 0 Å². The van der Waals surface area contributed by atoms with Crippen molar-refractivity contribution in [2.45, 2.75) is 33.1 Å². The zero-order valence-corrected chi connectivity index (χ0v) is 12.3. The monoisotopic (exact) mass is 296 g/mol. The van der Waals surface area contributed by atoms with Crippen LogP contribution < -0.4 is 0 Å². The largest absolute Gasteiger partial charge is 0.381 e. The lowest BCUT2D eigenvalue weighted by Crippen LogP contribution is -2.33. The topological polar surface area (TPSA) is 9.23 Å². The molecule has 1 saturated heterocycles. The highest BCUT2D eigenvalue weighted by Crippen LogP contribution is 2.36. The Morgan fingerprint density at radius 3 is 2.47 bits per heavy atom. The van der Waals surface area contributed by atoms with Crippen molar-refractivity contribution in [3.8, 4) is 0 Å². The van der Waals surface area contributed by atoms with Crippen molar-refractivity contribution in [2.75, 3.05) is 18.5 Å². The molecule has 2 heteroatoms. The van der Waals surface area contributed by atoms with E-state index in [1.54, 1.807) is 0 Å². The molecule has 1 aromatic rings. The summed E-state index contributed by atoms with van der Waals surface area (Å²) in [6.07, 6.45) is 3.51. The molecule has 0 aromatic heterocycles. The van der Waals surface area contributed by atoms with Crippen LogP contribution in [-0.4, -0.2) is 18.5 Å². The number of alkyl halides is 1. The molecule has 1 heterocycles. The van der Waals surface area contributed by atoms with E-state index in [9.17, 15) is 0 Å². The summed E-state index contributed by atoms with van der Waals surface area (Å²) in [7, 11) is 0. The van der Waals surface area contributed by atoms with Gasteiger partial charge in [-0.15, -0.1) is 0 Å². The Morgan fingerprint density at radius 1 is 1.18 bits per heavy atom. The highest BCUT2D eigenvalue weighted by molar-refractivity contribution is 9.09. The molecule has 0 aliphatic carbocycles. The molecule has 0 amide bonds. The number of hydrogen-bond acceptors (Lipinski definition) is 1. The Kier molecular flexibility index (Phi) is 4.26. The molecule has 1 fully saturated rings. The average Bonchev–Trinajstić information content (AvgIpc) is 2.35. The molecule has 0 spiro atoms. The predicted molar refractivity (Wildman–Crippen MR) is 75.9 cm³/mol. The summed E-state index contributed by atoms with van der Waals surface area (Å²) in [5.74, 6) is 0. The molecule has 0 unspecified atom stereocenters. The van der Waals surface area contributed by atoms with Gasteiger partial charge in [-0.05, 0) is 55.2 Å². The van der Waals surface area contributed by atoms with Gasteiger partial charge in [-0.25, -0.2) is 0 Å². The van der Waals surface area contributed by atoms with Crippen molar-refractivity contribution in [1.29, 1.82) is 0 Å². The van der Waals surface area contributed by atoms with Crippen LogP contribution in [0.15, 0.2) is 18.2 Å². The Labute approximate surface area is 113 Å². The van der Waals surface area contributed by atoms with Crippen LogP contribution in [0.1, 0.15) is 29.5 Å². The van der Waals surface area contributed by atoms with Crippen molar-refractivity contribution < 1.29 is 4.74 Å². The quantitative estimate of drug-likeness (QED) is 0.765. The fraction of sp³-hybridized carbons (Fsp3) is 0.600. The molecule has 0 bridgehead atoms. The van der Waals surface area contributed by atoms with Crippen molar-refractivity contribution in [1.82, 2.24) is 0 Å². The normalized spacial score (nSPS) is 19.2. The minimum absolute atomic E-state index is 0.403. The lowest BCUT2D eigenvalue weighted by atomic mass is 9.77. The second-order valence-electron chi connectivity index (χ2n) is 5.34. The summed E-state index contributed by atoms with van der Waals surface area (Å²) in [6.45, 7) is 6.20. The molecule has 1 aliphatic rings. The van der Waals surface area contributed by atoms with E-state index < -0.39 is 0 Å². The lowest BCUT2D eigenvalue weighted by Gasteiger charge is -2.36. The number of aryl methyl sites for hydroxylation is 2. The van der Waals surface area contributed by atoms with Crippen LogP contribution in [0.25, 0.3) is 0 Å². The number of rotatable bonds is 3. The highest BCUT2D eigenvalue weighted by Gasteiger charge is 2.31. The second kappa shape index (κ2) is 5.53. The molecule has 0 radical (unpaired) electrons. The Bertz CT molecular complexity index is 381. The van der Waals surface area contributed by atoms with E-state index in [2.05, 4.69) is 48.0 Å². The molecule has 0 saturated carbocycles. The van der Waals surface area contributed by atoms with Gasteiger partial charge in [-0.1, -0.05) is 34.1 Å². The minimum atomic E-state index is 0.403. The van der Waals surface area contributed by atoms with E-state index in [4.69, 9.17) is 4.74 Å². The minimum Gasteiger partial charge on any atom is -0.381 e. The van der Waals surface area contributed by atoms with E-state index >= 15 is 0 Å². The maximum absolute atomic E-state index is 5.49. The zero-order valence-electron chi connectivity index (χ0n) is 10.8. The number of hydrogen-bond donors (Lipinski definition) is 0. The molecular weight excluding hydrogens is 276 g/mol. The number of halogens is 1. The third-order valence-electron chi connectivity index (χ3n) is 3.99. The summed E-state index contributed by atoms with van der Waals surface area (Å²) in [6, 6.07) is 6.86. The van der Waals surface area contributed by atoms with Gasteiger partial charge >= 0.3 is 0 Å². The molecule has 1 nitrogen and oxygen atoms in total. The van der Waals surface area contributed by atoms with Crippen LogP contribution in [0.4, 0.5) is 0 Å². The highest BCUT2D eigenvalue weighted by atomic mass is 79.9. The molecule has 94 valence electrons. The van der Waals surface area contributed by atoms with Crippen LogP contribution in [0, 0.1) is 19.3 Å². The van der Waals surface area contributed by atoms with Crippen LogP contribution in [-0.2, 0) is 11.2 Å². The maximum Gasteiger partial charge on any atom is 0.0471 e. The summed E-state index contributed by atoms with van der Waals surface area (Å²) in [4.78, 5) is 0. The Hall–Kier alpha value is -0.340. The fourth-order valence-electron chi connectivity index (χ4n) is 2.51. The SMILES string of the molecule is Cc1ccc(CC2(CBr)CCOCC2)cc1C. The molecule has 0 N–H and O–H groups in total. The van der Waals surface area contributed by atoms with Crippen molar-refractivity contribution in [3.05, 3.63) is 34.9 Å². The van der Waals surface area contributed by atoms with Crippen molar-refractivity contribution in [3.63, 3.8) is 0 Å². The van der Waals surface area contributed by atoms with Crippen LogP contribution in [0.3, 0.4) is 0 Å². The van der Waals surface area contributed by atoms with Gasteiger partial charge in [0.25, 0.3) is 0 Å². The first-order valence-electron chi connectivity index (χ1n) is 6.35. The van der Waals surface area contributed by atoms with Gasteiger partial charge in [0, 0.05) is 18.5 Å². The van der Waals surface area contributed by atoms with E-state index in [0.29, 0.717) is 5.41 Å². The first-order valence-corrected chi connectivity index (χ1v) is 7.47. The summed E-state index contributed by atoms with van der Waals surface area (Å²) in [5, 5.41) is 1.08. The van der Waals surface area contributed by atoms with Crippen LogP contribution in [0.2, 0.25) is 0 Å². The summed E-state index contributed by atoms with van der Waals surface area (Å²) < 4.78 is 5.49. The van der Waals surface area contributed by atoms with Gasteiger partial charge in [0.2, 0.25) is 0 Å². The van der Waals surface area contributed by atoms with Gasteiger partial charge in [-0.3, -0.25) is 0 Å². The average molecular weight is 297 g/mol. The molecule has 0 atom stereocenters. The third-order valence-corrected chi connectivity index (χ3v) is 5.18. The van der Waals surface area contributed by atoms with Crippen LogP contribution in [0.5, 0.6) is 0 Å². The van der Waals surface area contributed by atoms with Crippen LogP contribution >= 0.6 is 15.9 Å². The molecular formula is C15H21BrO. The summed E-state index contributed by atoms with van der Waals surface area (Å²) >= 11 is 3.70. The third kappa shape index (κ3) is 3.11. The Balaban J connectivity index is 2.14. The lowest BCUT2D eigenvalue weighted by molar-refractivity contribution is 0.0270. The first-order chi connectivity index (χ1) is 8.15. The summed E-state index contributed by atoms with van der Waals surface area (Å²) in [5.41, 5.74) is 4.65. The van der Waals surface area contributed by atoms with E-state index in [1.807, 2.05) is 0 Å². The first kappa shape index (κ1) is 13.1. The fourth-order valence-corrected chi connectivity index (χ4v) is 3.27. The van der Waals surface area contributed by atoms with Crippen molar-refractivity contribution >= 4 is 15.9 Å². The predicted octanol–water partition coefficient (Wildman–Crippen LogP) is 4.04. The van der Waals surface area contributed by atoms with Crippen molar-refractivity contribution in [2.24, 2.45) is 5.41 Å². The van der Waals surface area contributed by atoms with Gasteiger partial charge in [-0.2, -0.15) is 0 Å². The number of benzene rings is 1. The molecule has 1 aromatic carbocycles. The van der Waals surface area contributed by atoms with Gasteiger partial charge < -0.3 is 4.74 Å². The Morgan fingerprint density at radius 2 is 1.88 bits per heavy atom. The van der Waals surface area contributed by atoms with E-state index in [0.717, 1.165) is 18.5 Å².